The average Bonchev–Trinajstić information content (AvgIpc) is 3.14. The maximum Gasteiger partial charge on any atom is 0.245 e. The summed E-state index contributed by atoms with van der Waals surface area (Å²) in [6, 6.07) is 3.47. The molecule has 1 atom stereocenters. The summed E-state index contributed by atoms with van der Waals surface area (Å²) in [7, 11) is -3.41. The maximum absolute atomic E-state index is 12.6. The van der Waals surface area contributed by atoms with Crippen molar-refractivity contribution < 1.29 is 8.42 Å². The first-order chi connectivity index (χ1) is 8.44. The summed E-state index contributed by atoms with van der Waals surface area (Å²) in [6.45, 7) is 6.09. The standard InChI is InChI=1S/C13H20N2O2S/c1-10(2)11(3)15(12-6-7-12)18(16,17)13-5-4-8-14-9-13/h4-5,8-12H,6-7H2,1-3H3. The van der Waals surface area contributed by atoms with Crippen LogP contribution in [-0.2, 0) is 10.0 Å². The van der Waals surface area contributed by atoms with Crippen LogP contribution in [0.5, 0.6) is 0 Å². The second-order valence-electron chi connectivity index (χ2n) is 5.24. The molecule has 18 heavy (non-hydrogen) atoms. The molecule has 1 aliphatic carbocycles. The Hall–Kier alpha value is -0.940. The van der Waals surface area contributed by atoms with E-state index in [9.17, 15) is 8.42 Å². The van der Waals surface area contributed by atoms with Gasteiger partial charge in [-0.1, -0.05) is 13.8 Å². The smallest absolute Gasteiger partial charge is 0.245 e. The van der Waals surface area contributed by atoms with Crippen LogP contribution in [0.2, 0.25) is 0 Å². The van der Waals surface area contributed by atoms with Crippen molar-refractivity contribution in [2.24, 2.45) is 5.92 Å². The summed E-state index contributed by atoms with van der Waals surface area (Å²) in [6.07, 6.45) is 4.96. The van der Waals surface area contributed by atoms with E-state index in [-0.39, 0.29) is 12.1 Å². The van der Waals surface area contributed by atoms with Gasteiger partial charge in [0.05, 0.1) is 0 Å². The molecule has 100 valence electrons. The summed E-state index contributed by atoms with van der Waals surface area (Å²) in [5.74, 6) is 0.303. The van der Waals surface area contributed by atoms with Crippen LogP contribution in [0.4, 0.5) is 0 Å². The van der Waals surface area contributed by atoms with Gasteiger partial charge in [-0.05, 0) is 37.8 Å². The van der Waals surface area contributed by atoms with Gasteiger partial charge >= 0.3 is 0 Å². The average molecular weight is 268 g/mol. The molecule has 1 saturated carbocycles. The maximum atomic E-state index is 12.6. The van der Waals surface area contributed by atoms with E-state index in [0.29, 0.717) is 10.8 Å². The molecule has 2 rings (SSSR count). The fourth-order valence-corrected chi connectivity index (χ4v) is 3.96. The Morgan fingerprint density at radius 1 is 1.33 bits per heavy atom. The Morgan fingerprint density at radius 3 is 2.44 bits per heavy atom. The SMILES string of the molecule is CC(C)C(C)N(C1CC1)S(=O)(=O)c1cccnc1. The minimum atomic E-state index is -3.41. The van der Waals surface area contributed by atoms with Gasteiger partial charge in [0, 0.05) is 24.5 Å². The third kappa shape index (κ3) is 2.57. The fraction of sp³-hybridized carbons (Fsp3) is 0.615. The van der Waals surface area contributed by atoms with Gasteiger partial charge in [-0.25, -0.2) is 8.42 Å². The van der Waals surface area contributed by atoms with Gasteiger partial charge in [0.25, 0.3) is 0 Å². The molecule has 1 aliphatic rings. The molecule has 0 aliphatic heterocycles. The molecular formula is C13H20N2O2S. The van der Waals surface area contributed by atoms with Gasteiger partial charge in [0.1, 0.15) is 4.90 Å². The molecule has 0 amide bonds. The largest absolute Gasteiger partial charge is 0.263 e. The van der Waals surface area contributed by atoms with Gasteiger partial charge in [-0.3, -0.25) is 4.98 Å². The van der Waals surface area contributed by atoms with Crippen LogP contribution in [-0.4, -0.2) is 29.8 Å². The van der Waals surface area contributed by atoms with E-state index < -0.39 is 10.0 Å². The minimum absolute atomic E-state index is 0.0164. The lowest BCUT2D eigenvalue weighted by Crippen LogP contribution is -2.43. The molecule has 0 bridgehead atoms. The molecular weight excluding hydrogens is 248 g/mol. The van der Waals surface area contributed by atoms with Crippen LogP contribution in [0.15, 0.2) is 29.4 Å². The van der Waals surface area contributed by atoms with Gasteiger partial charge < -0.3 is 0 Å². The number of hydrogen-bond acceptors (Lipinski definition) is 3. The molecule has 0 N–H and O–H groups in total. The Balaban J connectivity index is 2.37. The summed E-state index contributed by atoms with van der Waals surface area (Å²) >= 11 is 0. The lowest BCUT2D eigenvalue weighted by molar-refractivity contribution is 0.269. The molecule has 5 heteroatoms. The highest BCUT2D eigenvalue weighted by Crippen LogP contribution is 2.35. The number of nitrogens with zero attached hydrogens (tertiary/aromatic N) is 2. The normalized spacial score (nSPS) is 18.3. The van der Waals surface area contributed by atoms with Crippen molar-refractivity contribution in [3.05, 3.63) is 24.5 Å². The first-order valence-electron chi connectivity index (χ1n) is 6.38. The highest BCUT2D eigenvalue weighted by Gasteiger charge is 2.41. The molecule has 1 aromatic rings. The summed E-state index contributed by atoms with van der Waals surface area (Å²) in [5, 5.41) is 0. The Labute approximate surface area is 109 Å². The molecule has 0 radical (unpaired) electrons. The molecule has 1 unspecified atom stereocenters. The Morgan fingerprint density at radius 2 is 2.00 bits per heavy atom. The first-order valence-corrected chi connectivity index (χ1v) is 7.82. The molecule has 4 nitrogen and oxygen atoms in total. The van der Waals surface area contributed by atoms with Crippen molar-refractivity contribution in [3.63, 3.8) is 0 Å². The van der Waals surface area contributed by atoms with E-state index in [0.717, 1.165) is 12.8 Å². The van der Waals surface area contributed by atoms with Gasteiger partial charge in [-0.2, -0.15) is 4.31 Å². The number of hydrogen-bond donors (Lipinski definition) is 0. The highest BCUT2D eigenvalue weighted by atomic mass is 32.2. The number of aromatic nitrogens is 1. The number of rotatable bonds is 5. The van der Waals surface area contributed by atoms with Crippen molar-refractivity contribution >= 4 is 10.0 Å². The topological polar surface area (TPSA) is 50.3 Å². The van der Waals surface area contributed by atoms with E-state index >= 15 is 0 Å². The molecule has 0 spiro atoms. The van der Waals surface area contributed by atoms with Crippen molar-refractivity contribution in [1.29, 1.82) is 0 Å². The third-order valence-corrected chi connectivity index (χ3v) is 5.51. The van der Waals surface area contributed by atoms with Crippen LogP contribution >= 0.6 is 0 Å². The fourth-order valence-electron chi connectivity index (χ4n) is 1.99. The van der Waals surface area contributed by atoms with E-state index in [1.807, 2.05) is 6.92 Å². The third-order valence-electron chi connectivity index (χ3n) is 3.48. The van der Waals surface area contributed by atoms with Gasteiger partial charge in [-0.15, -0.1) is 0 Å². The Kier molecular flexibility index (Phi) is 3.73. The predicted octanol–water partition coefficient (Wildman–Crippen LogP) is 2.28. The lowest BCUT2D eigenvalue weighted by atomic mass is 10.1. The van der Waals surface area contributed by atoms with Crippen LogP contribution in [0.25, 0.3) is 0 Å². The monoisotopic (exact) mass is 268 g/mol. The van der Waals surface area contributed by atoms with Crippen LogP contribution < -0.4 is 0 Å². The zero-order valence-electron chi connectivity index (χ0n) is 11.1. The molecule has 0 aromatic carbocycles. The van der Waals surface area contributed by atoms with Crippen LogP contribution in [0, 0.1) is 5.92 Å². The highest BCUT2D eigenvalue weighted by molar-refractivity contribution is 7.89. The Bertz CT molecular complexity index is 495. The zero-order valence-corrected chi connectivity index (χ0v) is 11.9. The predicted molar refractivity (Wildman–Crippen MR) is 70.6 cm³/mol. The second-order valence-corrected chi connectivity index (χ2v) is 7.08. The molecule has 1 heterocycles. The number of sulfonamides is 1. The molecule has 0 saturated heterocycles. The minimum Gasteiger partial charge on any atom is -0.263 e. The zero-order chi connectivity index (χ0) is 13.3. The summed E-state index contributed by atoms with van der Waals surface area (Å²) in [4.78, 5) is 4.21. The van der Waals surface area contributed by atoms with E-state index in [4.69, 9.17) is 0 Å². The van der Waals surface area contributed by atoms with Gasteiger partial charge in [0.15, 0.2) is 0 Å². The van der Waals surface area contributed by atoms with E-state index in [1.165, 1.54) is 6.20 Å². The molecule has 1 aromatic heterocycles. The van der Waals surface area contributed by atoms with Gasteiger partial charge in [0.2, 0.25) is 10.0 Å². The van der Waals surface area contributed by atoms with E-state index in [1.54, 1.807) is 22.6 Å². The quantitative estimate of drug-likeness (QED) is 0.823. The first kappa shape index (κ1) is 13.5. The second kappa shape index (κ2) is 4.97. The van der Waals surface area contributed by atoms with E-state index in [2.05, 4.69) is 18.8 Å². The van der Waals surface area contributed by atoms with Crippen LogP contribution in [0.3, 0.4) is 0 Å². The van der Waals surface area contributed by atoms with Crippen molar-refractivity contribution in [1.82, 2.24) is 9.29 Å². The van der Waals surface area contributed by atoms with Crippen molar-refractivity contribution in [2.45, 2.75) is 50.6 Å². The van der Waals surface area contributed by atoms with Crippen LogP contribution in [0.1, 0.15) is 33.6 Å². The summed E-state index contributed by atoms with van der Waals surface area (Å²) < 4.78 is 27.0. The van der Waals surface area contributed by atoms with Crippen molar-refractivity contribution in [2.75, 3.05) is 0 Å². The lowest BCUT2D eigenvalue weighted by Gasteiger charge is -2.30. The molecule has 1 fully saturated rings. The summed E-state index contributed by atoms with van der Waals surface area (Å²) in [5.41, 5.74) is 0. The van der Waals surface area contributed by atoms with Crippen molar-refractivity contribution in [3.8, 4) is 0 Å². The number of pyridine rings is 1.